The van der Waals surface area contributed by atoms with Gasteiger partial charge in [0, 0.05) is 16.1 Å². The van der Waals surface area contributed by atoms with Gasteiger partial charge in [0.15, 0.2) is 0 Å². The van der Waals surface area contributed by atoms with E-state index in [4.69, 9.17) is 16.4 Å². The Morgan fingerprint density at radius 1 is 1.00 bits per heavy atom. The van der Waals surface area contributed by atoms with E-state index in [0.717, 1.165) is 11.1 Å². The summed E-state index contributed by atoms with van der Waals surface area (Å²) in [7, 11) is 0. The Kier molecular flexibility index (Phi) is 4.17. The van der Waals surface area contributed by atoms with Crippen molar-refractivity contribution in [1.29, 1.82) is 0 Å². The first kappa shape index (κ1) is 11.7. The molecule has 0 heterocycles. The molecule has 0 spiro atoms. The molecule has 0 aliphatic heterocycles. The van der Waals surface area contributed by atoms with E-state index < -0.39 is 0 Å². The summed E-state index contributed by atoms with van der Waals surface area (Å²) in [5.41, 5.74) is 1.79. The molecule has 0 aliphatic carbocycles. The number of benzene rings is 2. The highest BCUT2D eigenvalue weighted by Gasteiger charge is 1.97. The summed E-state index contributed by atoms with van der Waals surface area (Å²) in [5, 5.41) is 4.45. The average molecular weight is 245 g/mol. The third-order valence-electron chi connectivity index (χ3n) is 2.19. The summed E-state index contributed by atoms with van der Waals surface area (Å²) >= 11 is 5.98. The van der Waals surface area contributed by atoms with Crippen LogP contribution in [0.1, 0.15) is 11.1 Å². The van der Waals surface area contributed by atoms with Crippen LogP contribution in [0, 0.1) is 0 Å². The second-order valence-corrected chi connectivity index (χ2v) is 3.84. The van der Waals surface area contributed by atoms with Gasteiger partial charge < -0.3 is 4.84 Å². The maximum Gasteiger partial charge on any atom is 0.143 e. The number of hydrogen-bond donors (Lipinski definition) is 0. The van der Waals surface area contributed by atoms with E-state index in [1.54, 1.807) is 0 Å². The maximum atomic E-state index is 5.98. The van der Waals surface area contributed by atoms with Crippen LogP contribution in [-0.2, 0) is 11.4 Å². The van der Waals surface area contributed by atoms with Crippen LogP contribution in [-0.4, -0.2) is 6.21 Å². The van der Waals surface area contributed by atoms with Gasteiger partial charge in [0.05, 0.1) is 0 Å². The fourth-order valence-electron chi connectivity index (χ4n) is 1.31. The highest BCUT2D eigenvalue weighted by molar-refractivity contribution is 6.31. The standard InChI is InChI=1S/C14H11ClNO/c15-14-9-5-4-8-13(14)11-17-16-10-12-6-2-1-3-7-12/h1-9H,11H2. The second kappa shape index (κ2) is 6.06. The fourth-order valence-corrected chi connectivity index (χ4v) is 1.51. The number of halogens is 1. The van der Waals surface area contributed by atoms with Crippen molar-refractivity contribution in [3.05, 3.63) is 70.7 Å². The Labute approximate surface area is 105 Å². The normalized spacial score (nSPS) is 10.6. The minimum absolute atomic E-state index is 0.347. The first-order chi connectivity index (χ1) is 8.36. The molecule has 0 atom stereocenters. The van der Waals surface area contributed by atoms with Crippen LogP contribution in [0.5, 0.6) is 0 Å². The summed E-state index contributed by atoms with van der Waals surface area (Å²) < 4.78 is 0. The van der Waals surface area contributed by atoms with Crippen molar-refractivity contribution in [2.75, 3.05) is 0 Å². The molecule has 0 unspecified atom stereocenters. The molecule has 0 aliphatic rings. The van der Waals surface area contributed by atoms with Gasteiger partial charge in [-0.15, -0.1) is 0 Å². The third-order valence-corrected chi connectivity index (χ3v) is 2.56. The van der Waals surface area contributed by atoms with Crippen LogP contribution in [0.4, 0.5) is 0 Å². The van der Waals surface area contributed by atoms with E-state index in [9.17, 15) is 0 Å². The number of rotatable bonds is 4. The van der Waals surface area contributed by atoms with Crippen molar-refractivity contribution in [1.82, 2.24) is 0 Å². The van der Waals surface area contributed by atoms with E-state index in [0.29, 0.717) is 11.6 Å². The van der Waals surface area contributed by atoms with Crippen LogP contribution < -0.4 is 0 Å². The Morgan fingerprint density at radius 2 is 1.71 bits per heavy atom. The van der Waals surface area contributed by atoms with Gasteiger partial charge in [0.25, 0.3) is 0 Å². The molecule has 0 saturated heterocycles. The van der Waals surface area contributed by atoms with E-state index in [-0.39, 0.29) is 0 Å². The average Bonchev–Trinajstić information content (AvgIpc) is 2.38. The van der Waals surface area contributed by atoms with Gasteiger partial charge >= 0.3 is 0 Å². The molecule has 2 aromatic rings. The molecule has 0 fully saturated rings. The maximum absolute atomic E-state index is 5.98. The van der Waals surface area contributed by atoms with Crippen molar-refractivity contribution >= 4 is 17.8 Å². The molecule has 2 rings (SSSR count). The van der Waals surface area contributed by atoms with Gasteiger partial charge in [-0.3, -0.25) is 0 Å². The molecule has 0 bridgehead atoms. The Balaban J connectivity index is 1.88. The summed E-state index contributed by atoms with van der Waals surface area (Å²) in [4.78, 5) is 5.13. The minimum atomic E-state index is 0.347. The van der Waals surface area contributed by atoms with Crippen LogP contribution in [0.2, 0.25) is 5.02 Å². The van der Waals surface area contributed by atoms with E-state index >= 15 is 0 Å². The molecule has 17 heavy (non-hydrogen) atoms. The van der Waals surface area contributed by atoms with Crippen molar-refractivity contribution in [2.45, 2.75) is 6.61 Å². The summed E-state index contributed by atoms with van der Waals surface area (Å²) in [6, 6.07) is 17.1. The number of nitrogens with zero attached hydrogens (tertiary/aromatic N) is 1. The lowest BCUT2D eigenvalue weighted by Crippen LogP contribution is -1.89. The topological polar surface area (TPSA) is 21.6 Å². The van der Waals surface area contributed by atoms with Gasteiger partial charge in [-0.05, 0) is 6.07 Å². The van der Waals surface area contributed by atoms with Crippen LogP contribution >= 0.6 is 11.6 Å². The summed E-state index contributed by atoms with van der Waals surface area (Å²) in [6.07, 6.45) is 2.79. The summed E-state index contributed by atoms with van der Waals surface area (Å²) in [6.45, 7) is 0.347. The van der Waals surface area contributed by atoms with Gasteiger partial charge in [-0.1, -0.05) is 65.3 Å². The van der Waals surface area contributed by atoms with Crippen molar-refractivity contribution in [3.8, 4) is 0 Å². The zero-order valence-electron chi connectivity index (χ0n) is 9.14. The van der Waals surface area contributed by atoms with Crippen molar-refractivity contribution < 1.29 is 4.84 Å². The van der Waals surface area contributed by atoms with Crippen LogP contribution in [0.15, 0.2) is 59.8 Å². The van der Waals surface area contributed by atoms with Gasteiger partial charge in [0.2, 0.25) is 0 Å². The molecule has 0 N–H and O–H groups in total. The molecule has 0 saturated carbocycles. The zero-order valence-corrected chi connectivity index (χ0v) is 9.89. The van der Waals surface area contributed by atoms with E-state index in [1.165, 1.54) is 0 Å². The molecule has 2 nitrogen and oxygen atoms in total. The molecule has 85 valence electrons. The molecule has 0 amide bonds. The fraction of sp³-hybridized carbons (Fsp3) is 0.0714. The molecule has 2 aromatic carbocycles. The molecular formula is C14H11ClNO. The van der Waals surface area contributed by atoms with Gasteiger partial charge in [-0.2, -0.15) is 0 Å². The first-order valence-corrected chi connectivity index (χ1v) is 5.60. The Morgan fingerprint density at radius 3 is 2.47 bits per heavy atom. The molecular weight excluding hydrogens is 234 g/mol. The lowest BCUT2D eigenvalue weighted by atomic mass is 10.2. The first-order valence-electron chi connectivity index (χ1n) is 5.23. The zero-order chi connectivity index (χ0) is 11.9. The summed E-state index contributed by atoms with van der Waals surface area (Å²) in [5.74, 6) is 0. The monoisotopic (exact) mass is 244 g/mol. The SMILES string of the molecule is Clc1ccccc1CO/N=[C]\c1ccccc1. The predicted octanol–water partition coefficient (Wildman–Crippen LogP) is 3.77. The smallest absolute Gasteiger partial charge is 0.143 e. The van der Waals surface area contributed by atoms with E-state index in [1.807, 2.05) is 54.6 Å². The largest absolute Gasteiger partial charge is 0.390 e. The van der Waals surface area contributed by atoms with Crippen LogP contribution in [0.25, 0.3) is 0 Å². The highest BCUT2D eigenvalue weighted by Crippen LogP contribution is 2.15. The minimum Gasteiger partial charge on any atom is -0.390 e. The Bertz CT molecular complexity index is 497. The molecule has 0 aromatic heterocycles. The van der Waals surface area contributed by atoms with Crippen molar-refractivity contribution in [2.24, 2.45) is 5.16 Å². The lowest BCUT2D eigenvalue weighted by Gasteiger charge is -2.01. The van der Waals surface area contributed by atoms with E-state index in [2.05, 4.69) is 11.4 Å². The number of hydrogen-bond acceptors (Lipinski definition) is 2. The predicted molar refractivity (Wildman–Crippen MR) is 69.2 cm³/mol. The third kappa shape index (κ3) is 3.61. The molecule has 1 radical (unpaired) electrons. The highest BCUT2D eigenvalue weighted by atomic mass is 35.5. The van der Waals surface area contributed by atoms with Gasteiger partial charge in [0.1, 0.15) is 12.8 Å². The Hall–Kier alpha value is -1.80. The molecule has 3 heteroatoms. The lowest BCUT2D eigenvalue weighted by molar-refractivity contribution is 0.132. The van der Waals surface area contributed by atoms with Crippen LogP contribution in [0.3, 0.4) is 0 Å². The van der Waals surface area contributed by atoms with Gasteiger partial charge in [-0.25, -0.2) is 0 Å². The van der Waals surface area contributed by atoms with Crippen molar-refractivity contribution in [3.63, 3.8) is 0 Å². The quantitative estimate of drug-likeness (QED) is 0.593. The second-order valence-electron chi connectivity index (χ2n) is 3.43.